The highest BCUT2D eigenvalue weighted by atomic mass is 32.2. The number of sulfonamides is 1. The molecule has 2 heterocycles. The summed E-state index contributed by atoms with van der Waals surface area (Å²) in [5, 5.41) is 21.1. The number of hydrogen-bond donors (Lipinski definition) is 2. The summed E-state index contributed by atoms with van der Waals surface area (Å²) >= 11 is 0. The van der Waals surface area contributed by atoms with Crippen LogP contribution in [-0.2, 0) is 14.8 Å². The average molecular weight is 482 g/mol. The molecule has 1 unspecified atom stereocenters. The summed E-state index contributed by atoms with van der Waals surface area (Å²) in [7, 11) is -4.06. The van der Waals surface area contributed by atoms with Gasteiger partial charge in [0, 0.05) is 37.0 Å². The van der Waals surface area contributed by atoms with Gasteiger partial charge in [-0.2, -0.15) is 5.26 Å². The van der Waals surface area contributed by atoms with Crippen molar-refractivity contribution in [1.29, 1.82) is 5.26 Å². The lowest BCUT2D eigenvalue weighted by Crippen LogP contribution is -2.36. The summed E-state index contributed by atoms with van der Waals surface area (Å²) in [4.78, 5) is 1.83. The number of ether oxygens (including phenoxy) is 1. The number of nitrogens with zero attached hydrogens (tertiary/aromatic N) is 2. The molecule has 1 aliphatic heterocycles. The van der Waals surface area contributed by atoms with Crippen LogP contribution in [0.4, 0.5) is 5.69 Å². The van der Waals surface area contributed by atoms with Gasteiger partial charge in [0.05, 0.1) is 19.3 Å². The van der Waals surface area contributed by atoms with E-state index < -0.39 is 21.0 Å². The van der Waals surface area contributed by atoms with E-state index in [0.29, 0.717) is 12.2 Å². The van der Waals surface area contributed by atoms with Crippen LogP contribution in [-0.4, -0.2) is 52.5 Å². The Morgan fingerprint density at radius 3 is 2.65 bits per heavy atom. The number of fused-ring (bicyclic) bond motifs is 1. The SMILES string of the molecule is CCC(O)CNS(=O)(=O)/C(C#N)=C/c1ccc(-c2ccc3cc(N4CCOCC4)ccc3c2)o1. The number of morpholine rings is 1. The molecule has 2 aromatic carbocycles. The van der Waals surface area contributed by atoms with Crippen molar-refractivity contribution in [3.63, 3.8) is 0 Å². The van der Waals surface area contributed by atoms with E-state index in [4.69, 9.17) is 9.15 Å². The van der Waals surface area contributed by atoms with Crippen LogP contribution in [0, 0.1) is 11.3 Å². The Morgan fingerprint density at radius 2 is 1.91 bits per heavy atom. The standard InChI is InChI=1S/C25H27N3O5S/c1-2-22(29)17-27-34(30,31)24(16-26)15-23-7-8-25(33-23)20-4-3-19-14-21(6-5-18(19)13-20)28-9-11-32-12-10-28/h3-8,13-15,22,27,29H,2,9-12,17H2,1H3/b24-15+. The van der Waals surface area contributed by atoms with Crippen LogP contribution in [0.2, 0.25) is 0 Å². The van der Waals surface area contributed by atoms with Crippen molar-refractivity contribution >= 4 is 32.6 Å². The predicted octanol–water partition coefficient (Wildman–Crippen LogP) is 3.49. The smallest absolute Gasteiger partial charge is 0.250 e. The minimum Gasteiger partial charge on any atom is -0.457 e. The van der Waals surface area contributed by atoms with Gasteiger partial charge in [0.25, 0.3) is 10.0 Å². The maximum atomic E-state index is 12.4. The van der Waals surface area contributed by atoms with Crippen LogP contribution in [0.5, 0.6) is 0 Å². The average Bonchev–Trinajstić information content (AvgIpc) is 3.34. The van der Waals surface area contributed by atoms with Gasteiger partial charge in [-0.25, -0.2) is 13.1 Å². The van der Waals surface area contributed by atoms with Crippen molar-refractivity contribution in [3.8, 4) is 17.4 Å². The molecule has 0 amide bonds. The molecule has 1 fully saturated rings. The Labute approximate surface area is 199 Å². The summed E-state index contributed by atoms with van der Waals surface area (Å²) in [5.41, 5.74) is 2.01. The Kier molecular flexibility index (Phi) is 7.34. The molecular weight excluding hydrogens is 454 g/mol. The highest BCUT2D eigenvalue weighted by Gasteiger charge is 2.19. The number of benzene rings is 2. The first kappa shape index (κ1) is 24.0. The lowest BCUT2D eigenvalue weighted by Gasteiger charge is -2.29. The molecule has 34 heavy (non-hydrogen) atoms. The lowest BCUT2D eigenvalue weighted by atomic mass is 10.0. The highest BCUT2D eigenvalue weighted by molar-refractivity contribution is 7.93. The lowest BCUT2D eigenvalue weighted by molar-refractivity contribution is 0.122. The predicted molar refractivity (Wildman–Crippen MR) is 131 cm³/mol. The number of furan rings is 1. The number of anilines is 1. The summed E-state index contributed by atoms with van der Waals surface area (Å²) in [6, 6.07) is 17.4. The van der Waals surface area contributed by atoms with Gasteiger partial charge in [-0.05, 0) is 47.5 Å². The molecule has 4 rings (SSSR count). The Hall–Kier alpha value is -3.16. The Bertz CT molecular complexity index is 1330. The molecule has 1 aliphatic rings. The van der Waals surface area contributed by atoms with Crippen molar-refractivity contribution in [2.45, 2.75) is 19.4 Å². The van der Waals surface area contributed by atoms with Crippen LogP contribution in [0.25, 0.3) is 28.2 Å². The van der Waals surface area contributed by atoms with E-state index in [0.717, 1.165) is 42.6 Å². The molecule has 3 aromatic rings. The molecule has 9 heteroatoms. The van der Waals surface area contributed by atoms with Gasteiger partial charge in [0.1, 0.15) is 17.6 Å². The number of aliphatic hydroxyl groups is 1. The molecule has 1 saturated heterocycles. The molecule has 1 atom stereocenters. The largest absolute Gasteiger partial charge is 0.457 e. The van der Waals surface area contributed by atoms with E-state index >= 15 is 0 Å². The molecule has 1 aromatic heterocycles. The monoisotopic (exact) mass is 481 g/mol. The first-order valence-electron chi connectivity index (χ1n) is 11.2. The summed E-state index contributed by atoms with van der Waals surface area (Å²) in [6.07, 6.45) is 0.762. The molecule has 8 nitrogen and oxygen atoms in total. The summed E-state index contributed by atoms with van der Waals surface area (Å²) < 4.78 is 38.3. The third-order valence-corrected chi connectivity index (χ3v) is 7.10. The zero-order chi connectivity index (χ0) is 24.1. The second-order valence-electron chi connectivity index (χ2n) is 8.08. The fraction of sp³-hybridized carbons (Fsp3) is 0.320. The van der Waals surface area contributed by atoms with Gasteiger partial charge >= 0.3 is 0 Å². The van der Waals surface area contributed by atoms with Gasteiger partial charge in [-0.3, -0.25) is 0 Å². The van der Waals surface area contributed by atoms with Gasteiger partial charge in [-0.1, -0.05) is 25.1 Å². The number of rotatable bonds is 8. The summed E-state index contributed by atoms with van der Waals surface area (Å²) in [6.45, 7) is 4.80. The van der Waals surface area contributed by atoms with E-state index in [-0.39, 0.29) is 12.3 Å². The third kappa shape index (κ3) is 5.48. The summed E-state index contributed by atoms with van der Waals surface area (Å²) in [5.74, 6) is 0.810. The van der Waals surface area contributed by atoms with Crippen molar-refractivity contribution in [2.24, 2.45) is 0 Å². The normalized spacial score (nSPS) is 15.9. The van der Waals surface area contributed by atoms with Gasteiger partial charge in [-0.15, -0.1) is 0 Å². The highest BCUT2D eigenvalue weighted by Crippen LogP contribution is 2.29. The molecule has 0 saturated carbocycles. The first-order chi connectivity index (χ1) is 16.4. The van der Waals surface area contributed by atoms with E-state index in [2.05, 4.69) is 27.8 Å². The van der Waals surface area contributed by atoms with Crippen LogP contribution in [0.15, 0.2) is 57.9 Å². The number of nitriles is 1. The molecular formula is C25H27N3O5S. The van der Waals surface area contributed by atoms with E-state index in [9.17, 15) is 18.8 Å². The molecule has 0 radical (unpaired) electrons. The van der Waals surface area contributed by atoms with Crippen LogP contribution < -0.4 is 9.62 Å². The van der Waals surface area contributed by atoms with Crippen molar-refractivity contribution in [3.05, 3.63) is 59.2 Å². The first-order valence-corrected chi connectivity index (χ1v) is 12.6. The zero-order valence-corrected chi connectivity index (χ0v) is 19.7. The van der Waals surface area contributed by atoms with E-state index in [1.54, 1.807) is 25.1 Å². The second kappa shape index (κ2) is 10.4. The Morgan fingerprint density at radius 1 is 1.18 bits per heavy atom. The third-order valence-electron chi connectivity index (χ3n) is 5.76. The molecule has 0 spiro atoms. The number of nitrogens with one attached hydrogen (secondary N) is 1. The minimum atomic E-state index is -4.06. The number of allylic oxidation sites excluding steroid dienone is 1. The minimum absolute atomic E-state index is 0.161. The molecule has 2 N–H and O–H groups in total. The quantitative estimate of drug-likeness (QED) is 0.473. The maximum absolute atomic E-state index is 12.4. The fourth-order valence-electron chi connectivity index (χ4n) is 3.72. The van der Waals surface area contributed by atoms with Crippen molar-refractivity contribution in [1.82, 2.24) is 4.72 Å². The van der Waals surface area contributed by atoms with Gasteiger partial charge in [0.15, 0.2) is 4.91 Å². The van der Waals surface area contributed by atoms with Gasteiger partial charge < -0.3 is 19.2 Å². The van der Waals surface area contributed by atoms with Crippen molar-refractivity contribution < 1.29 is 22.7 Å². The maximum Gasteiger partial charge on any atom is 0.250 e. The number of aliphatic hydroxyl groups excluding tert-OH is 1. The number of hydrogen-bond acceptors (Lipinski definition) is 7. The van der Waals surface area contributed by atoms with E-state index in [1.165, 1.54) is 11.8 Å². The molecule has 0 aliphatic carbocycles. The fourth-order valence-corrected chi connectivity index (χ4v) is 4.68. The van der Waals surface area contributed by atoms with Crippen molar-refractivity contribution in [2.75, 3.05) is 37.7 Å². The van der Waals surface area contributed by atoms with Crippen LogP contribution in [0.3, 0.4) is 0 Å². The molecule has 0 bridgehead atoms. The second-order valence-corrected chi connectivity index (χ2v) is 9.82. The van der Waals surface area contributed by atoms with E-state index in [1.807, 2.05) is 18.2 Å². The zero-order valence-electron chi connectivity index (χ0n) is 18.9. The topological polar surface area (TPSA) is 116 Å². The van der Waals surface area contributed by atoms with Crippen LogP contribution in [0.1, 0.15) is 19.1 Å². The van der Waals surface area contributed by atoms with Gasteiger partial charge in [0.2, 0.25) is 0 Å². The molecule has 178 valence electrons. The van der Waals surface area contributed by atoms with Crippen LogP contribution >= 0.6 is 0 Å². The Balaban J connectivity index is 1.54.